The second kappa shape index (κ2) is 8.48. The van der Waals surface area contributed by atoms with E-state index in [-0.39, 0.29) is 11.5 Å². The van der Waals surface area contributed by atoms with E-state index in [9.17, 15) is 9.59 Å². The van der Waals surface area contributed by atoms with Gasteiger partial charge in [-0.2, -0.15) is 0 Å². The molecule has 1 amide bonds. The number of carbonyl (C=O) groups is 2. The lowest BCUT2D eigenvalue weighted by molar-refractivity contribution is -0.128. The number of carboxylic acid groups (broad SMARTS) is 1. The van der Waals surface area contributed by atoms with Gasteiger partial charge in [0.05, 0.1) is 12.2 Å². The summed E-state index contributed by atoms with van der Waals surface area (Å²) in [5.74, 6) is -0.547. The number of hydrogen-bond donors (Lipinski definition) is 1. The second-order valence-corrected chi connectivity index (χ2v) is 5.71. The van der Waals surface area contributed by atoms with Crippen molar-refractivity contribution in [2.24, 2.45) is 5.92 Å². The Hall–Kier alpha value is -2.14. The summed E-state index contributed by atoms with van der Waals surface area (Å²) in [5, 5.41) is 8.86. The molecule has 0 aliphatic carbocycles. The van der Waals surface area contributed by atoms with Gasteiger partial charge in [0.1, 0.15) is 0 Å². The van der Waals surface area contributed by atoms with E-state index in [1.807, 2.05) is 11.8 Å². The van der Waals surface area contributed by atoms with Crippen LogP contribution in [0.5, 0.6) is 0 Å². The zero-order valence-corrected chi connectivity index (χ0v) is 13.4. The molecule has 1 aliphatic rings. The monoisotopic (exact) mass is 317 g/mol. The maximum atomic E-state index is 12.3. The summed E-state index contributed by atoms with van der Waals surface area (Å²) in [6.07, 6.45) is 5.38. The first-order valence-electron chi connectivity index (χ1n) is 7.98. The number of aromatic carboxylic acids is 1. The largest absolute Gasteiger partial charge is 0.478 e. The molecule has 1 saturated heterocycles. The van der Waals surface area contributed by atoms with Crippen LogP contribution in [0.15, 0.2) is 30.3 Å². The lowest BCUT2D eigenvalue weighted by Crippen LogP contribution is -2.40. The molecule has 2 rings (SSSR count). The Labute approximate surface area is 136 Å². The third-order valence-corrected chi connectivity index (χ3v) is 3.96. The second-order valence-electron chi connectivity index (χ2n) is 5.71. The Morgan fingerprint density at radius 1 is 1.35 bits per heavy atom. The fourth-order valence-electron chi connectivity index (χ4n) is 2.70. The van der Waals surface area contributed by atoms with E-state index < -0.39 is 5.97 Å². The van der Waals surface area contributed by atoms with Crippen LogP contribution in [0.4, 0.5) is 0 Å². The molecule has 5 nitrogen and oxygen atoms in total. The zero-order valence-electron chi connectivity index (χ0n) is 13.4. The molecule has 1 unspecified atom stereocenters. The molecule has 0 spiro atoms. The van der Waals surface area contributed by atoms with Gasteiger partial charge in [0.15, 0.2) is 0 Å². The van der Waals surface area contributed by atoms with Crippen LogP contribution < -0.4 is 0 Å². The summed E-state index contributed by atoms with van der Waals surface area (Å²) in [6.45, 7) is 4.91. The highest BCUT2D eigenvalue weighted by Gasteiger charge is 2.22. The van der Waals surface area contributed by atoms with Gasteiger partial charge in [0.2, 0.25) is 5.91 Å². The lowest BCUT2D eigenvalue weighted by Gasteiger charge is -2.31. The number of likely N-dealkylation sites (tertiary alicyclic amines) is 1. The van der Waals surface area contributed by atoms with Gasteiger partial charge in [-0.05, 0) is 49.5 Å². The van der Waals surface area contributed by atoms with Gasteiger partial charge in [-0.15, -0.1) is 0 Å². The van der Waals surface area contributed by atoms with Crippen molar-refractivity contribution < 1.29 is 19.4 Å². The highest BCUT2D eigenvalue weighted by molar-refractivity contribution is 5.92. The minimum atomic E-state index is -0.953. The highest BCUT2D eigenvalue weighted by atomic mass is 16.5. The van der Waals surface area contributed by atoms with Gasteiger partial charge in [-0.3, -0.25) is 4.79 Å². The van der Waals surface area contributed by atoms with Crippen LogP contribution in [0.25, 0.3) is 6.08 Å². The first-order valence-corrected chi connectivity index (χ1v) is 7.98. The van der Waals surface area contributed by atoms with Crippen molar-refractivity contribution in [3.05, 3.63) is 41.5 Å². The van der Waals surface area contributed by atoms with Gasteiger partial charge in [-0.1, -0.05) is 12.1 Å². The maximum Gasteiger partial charge on any atom is 0.335 e. The van der Waals surface area contributed by atoms with Gasteiger partial charge in [0.25, 0.3) is 0 Å². The fourth-order valence-corrected chi connectivity index (χ4v) is 2.70. The molecule has 0 saturated carbocycles. The standard InChI is InChI=1S/C18H23NO4/c1-2-23-13-15-4-3-11-19(12-15)17(20)10-7-14-5-8-16(9-6-14)18(21)22/h5-10,15H,2-4,11-13H2,1H3,(H,21,22)/b10-7+. The molecule has 1 aromatic rings. The molecule has 124 valence electrons. The molecule has 0 radical (unpaired) electrons. The van der Waals surface area contributed by atoms with Gasteiger partial charge < -0.3 is 14.7 Å². The highest BCUT2D eigenvalue weighted by Crippen LogP contribution is 2.17. The van der Waals surface area contributed by atoms with Gasteiger partial charge in [-0.25, -0.2) is 4.79 Å². The number of ether oxygens (including phenoxy) is 1. The SMILES string of the molecule is CCOCC1CCCN(C(=O)/C=C/c2ccc(C(=O)O)cc2)C1. The molecular weight excluding hydrogens is 294 g/mol. The normalized spacial score (nSPS) is 18.3. The number of carboxylic acids is 1. The van der Waals surface area contributed by atoms with Crippen molar-refractivity contribution in [2.45, 2.75) is 19.8 Å². The van der Waals surface area contributed by atoms with Crippen molar-refractivity contribution in [3.63, 3.8) is 0 Å². The van der Waals surface area contributed by atoms with E-state index in [1.165, 1.54) is 12.1 Å². The molecular formula is C18H23NO4. The van der Waals surface area contributed by atoms with Gasteiger partial charge >= 0.3 is 5.97 Å². The Balaban J connectivity index is 1.91. The summed E-state index contributed by atoms with van der Waals surface area (Å²) in [4.78, 5) is 24.9. The van der Waals surface area contributed by atoms with Crippen LogP contribution in [-0.4, -0.2) is 48.2 Å². The number of hydrogen-bond acceptors (Lipinski definition) is 3. The molecule has 1 fully saturated rings. The zero-order chi connectivity index (χ0) is 16.7. The number of benzene rings is 1. The minimum absolute atomic E-state index is 0.00601. The van der Waals surface area contributed by atoms with Gasteiger partial charge in [0, 0.05) is 25.8 Å². The van der Waals surface area contributed by atoms with E-state index in [2.05, 4.69) is 0 Å². The number of carbonyl (C=O) groups excluding carboxylic acids is 1. The average Bonchev–Trinajstić information content (AvgIpc) is 2.58. The quantitative estimate of drug-likeness (QED) is 0.819. The van der Waals surface area contributed by atoms with Crippen LogP contribution in [-0.2, 0) is 9.53 Å². The maximum absolute atomic E-state index is 12.3. The van der Waals surface area contributed by atoms with Crippen LogP contribution in [0.3, 0.4) is 0 Å². The molecule has 23 heavy (non-hydrogen) atoms. The van der Waals surface area contributed by atoms with E-state index >= 15 is 0 Å². The molecule has 1 heterocycles. The number of nitrogens with zero attached hydrogens (tertiary/aromatic N) is 1. The topological polar surface area (TPSA) is 66.8 Å². The molecule has 1 aromatic carbocycles. The van der Waals surface area contributed by atoms with Crippen LogP contribution >= 0.6 is 0 Å². The molecule has 1 aliphatic heterocycles. The average molecular weight is 317 g/mol. The van der Waals surface area contributed by atoms with Crippen molar-refractivity contribution in [3.8, 4) is 0 Å². The summed E-state index contributed by atoms with van der Waals surface area (Å²) < 4.78 is 5.46. The van der Waals surface area contributed by atoms with Crippen LogP contribution in [0, 0.1) is 5.92 Å². The van der Waals surface area contributed by atoms with Crippen LogP contribution in [0.1, 0.15) is 35.7 Å². The van der Waals surface area contributed by atoms with Crippen molar-refractivity contribution >= 4 is 18.0 Å². The van der Waals surface area contributed by atoms with Crippen LogP contribution in [0.2, 0.25) is 0 Å². The third kappa shape index (κ3) is 5.21. The molecule has 1 N–H and O–H groups in total. The minimum Gasteiger partial charge on any atom is -0.478 e. The first-order chi connectivity index (χ1) is 11.1. The third-order valence-electron chi connectivity index (χ3n) is 3.96. The summed E-state index contributed by atoms with van der Waals surface area (Å²) in [7, 11) is 0. The van der Waals surface area contributed by atoms with E-state index in [0.29, 0.717) is 19.1 Å². The van der Waals surface area contributed by atoms with Crippen molar-refractivity contribution in [2.75, 3.05) is 26.3 Å². The number of piperidine rings is 1. The number of amides is 1. The predicted octanol–water partition coefficient (Wildman–Crippen LogP) is 2.67. The van der Waals surface area contributed by atoms with E-state index in [0.717, 1.165) is 31.5 Å². The summed E-state index contributed by atoms with van der Waals surface area (Å²) >= 11 is 0. The molecule has 5 heteroatoms. The fraction of sp³-hybridized carbons (Fsp3) is 0.444. The predicted molar refractivity (Wildman–Crippen MR) is 88.2 cm³/mol. The summed E-state index contributed by atoms with van der Waals surface area (Å²) in [5.41, 5.74) is 1.05. The summed E-state index contributed by atoms with van der Waals surface area (Å²) in [6, 6.07) is 6.46. The van der Waals surface area contributed by atoms with E-state index in [4.69, 9.17) is 9.84 Å². The first kappa shape index (κ1) is 17.2. The Bertz CT molecular complexity index is 565. The Kier molecular flexibility index (Phi) is 6.35. The molecule has 1 atom stereocenters. The Morgan fingerprint density at radius 2 is 2.09 bits per heavy atom. The lowest BCUT2D eigenvalue weighted by atomic mass is 9.99. The molecule has 0 bridgehead atoms. The Morgan fingerprint density at radius 3 is 2.74 bits per heavy atom. The smallest absolute Gasteiger partial charge is 0.335 e. The molecule has 0 aromatic heterocycles. The number of rotatable bonds is 6. The van der Waals surface area contributed by atoms with Crippen molar-refractivity contribution in [1.29, 1.82) is 0 Å². The van der Waals surface area contributed by atoms with Crippen molar-refractivity contribution in [1.82, 2.24) is 4.90 Å². The van der Waals surface area contributed by atoms with E-state index in [1.54, 1.807) is 24.3 Å².